The van der Waals surface area contributed by atoms with Crippen LogP contribution in [0, 0.1) is 5.82 Å². The van der Waals surface area contributed by atoms with E-state index in [2.05, 4.69) is 25.1 Å². The average Bonchev–Trinajstić information content (AvgIpc) is 3.54. The molecule has 3 aromatic rings. The Morgan fingerprint density at radius 2 is 2.15 bits per heavy atom. The summed E-state index contributed by atoms with van der Waals surface area (Å²) in [4.78, 5) is 16.6. The van der Waals surface area contributed by atoms with Crippen molar-refractivity contribution in [2.45, 2.75) is 42.8 Å². The Hall–Kier alpha value is -2.00. The quantitative estimate of drug-likeness (QED) is 0.646. The Labute approximate surface area is 157 Å². The highest BCUT2D eigenvalue weighted by atomic mass is 32.2. The van der Waals surface area contributed by atoms with Crippen LogP contribution in [0.3, 0.4) is 0 Å². The van der Waals surface area contributed by atoms with Crippen LogP contribution >= 0.6 is 23.1 Å². The number of fused-ring (bicyclic) bond motifs is 1. The molecule has 2 aliphatic rings. The number of hydrogen-bond acceptors (Lipinski definition) is 6. The molecule has 0 atom stereocenters. The maximum Gasteiger partial charge on any atom is 0.236 e. The van der Waals surface area contributed by atoms with Crippen LogP contribution in [0.1, 0.15) is 43.5 Å². The first kappa shape index (κ1) is 16.2. The fourth-order valence-electron chi connectivity index (χ4n) is 2.92. The van der Waals surface area contributed by atoms with Crippen molar-refractivity contribution in [3.05, 3.63) is 29.8 Å². The zero-order valence-electron chi connectivity index (χ0n) is 13.8. The molecule has 6 nitrogen and oxygen atoms in total. The topological polar surface area (TPSA) is 72.7 Å². The molecule has 0 spiro atoms. The van der Waals surface area contributed by atoms with Gasteiger partial charge >= 0.3 is 0 Å². The standard InChI is InChI=1S/C17H16FN5OS2/c18-10-3-6-12-13(7-10)26-16(19-12)20-14(24)8-25-17-22-21-15(9-1-2-9)23(17)11-4-5-11/h3,6-7,9,11H,1-2,4-5,8H2,(H,19,20,24). The normalized spacial score (nSPS) is 17.0. The Bertz CT molecular complexity index is 992. The third-order valence-electron chi connectivity index (χ3n) is 4.47. The highest BCUT2D eigenvalue weighted by molar-refractivity contribution is 7.99. The van der Waals surface area contributed by atoms with Gasteiger partial charge in [-0.3, -0.25) is 4.79 Å². The van der Waals surface area contributed by atoms with Crippen molar-refractivity contribution in [1.29, 1.82) is 0 Å². The predicted octanol–water partition coefficient (Wildman–Crippen LogP) is 3.97. The van der Waals surface area contributed by atoms with Crippen molar-refractivity contribution in [2.24, 2.45) is 0 Å². The molecule has 0 bridgehead atoms. The molecule has 134 valence electrons. The largest absolute Gasteiger partial charge is 0.303 e. The predicted molar refractivity (Wildman–Crippen MR) is 99.2 cm³/mol. The van der Waals surface area contributed by atoms with Crippen molar-refractivity contribution in [2.75, 3.05) is 11.1 Å². The molecule has 0 aliphatic heterocycles. The molecule has 9 heteroatoms. The summed E-state index contributed by atoms with van der Waals surface area (Å²) < 4.78 is 16.2. The van der Waals surface area contributed by atoms with E-state index in [0.29, 0.717) is 22.6 Å². The van der Waals surface area contributed by atoms with E-state index < -0.39 is 0 Å². The lowest BCUT2D eigenvalue weighted by Gasteiger charge is -2.07. The molecular weight excluding hydrogens is 373 g/mol. The van der Waals surface area contributed by atoms with Crippen LogP contribution in [0.25, 0.3) is 10.2 Å². The minimum Gasteiger partial charge on any atom is -0.303 e. The summed E-state index contributed by atoms with van der Waals surface area (Å²) in [7, 11) is 0. The summed E-state index contributed by atoms with van der Waals surface area (Å²) >= 11 is 2.68. The molecule has 2 aliphatic carbocycles. The number of carbonyl (C=O) groups is 1. The molecule has 1 amide bonds. The Kier molecular flexibility index (Phi) is 3.93. The van der Waals surface area contributed by atoms with Gasteiger partial charge in [-0.2, -0.15) is 0 Å². The SMILES string of the molecule is O=C(CSc1nnc(C2CC2)n1C1CC1)Nc1nc2ccc(F)cc2s1. The van der Waals surface area contributed by atoms with Gasteiger partial charge in [-0.1, -0.05) is 23.1 Å². The summed E-state index contributed by atoms with van der Waals surface area (Å²) in [6.07, 6.45) is 4.71. The first-order chi connectivity index (χ1) is 12.7. The molecule has 2 aromatic heterocycles. The summed E-state index contributed by atoms with van der Waals surface area (Å²) in [6.45, 7) is 0. The highest BCUT2D eigenvalue weighted by Gasteiger charge is 2.36. The fourth-order valence-corrected chi connectivity index (χ4v) is 4.64. The molecule has 0 saturated heterocycles. The number of amides is 1. The maximum atomic E-state index is 13.3. The number of carbonyl (C=O) groups excluding carboxylic acids is 1. The van der Waals surface area contributed by atoms with Gasteiger partial charge in [0.1, 0.15) is 11.6 Å². The molecule has 5 rings (SSSR count). The molecule has 2 heterocycles. The number of thioether (sulfide) groups is 1. The number of anilines is 1. The third-order valence-corrected chi connectivity index (χ3v) is 6.35. The molecule has 26 heavy (non-hydrogen) atoms. The highest BCUT2D eigenvalue weighted by Crippen LogP contribution is 2.46. The van der Waals surface area contributed by atoms with Crippen LogP contribution in [-0.4, -0.2) is 31.4 Å². The van der Waals surface area contributed by atoms with Gasteiger partial charge in [0.25, 0.3) is 0 Å². The van der Waals surface area contributed by atoms with Gasteiger partial charge in [-0.15, -0.1) is 10.2 Å². The fraction of sp³-hybridized carbons (Fsp3) is 0.412. The minimum atomic E-state index is -0.305. The molecule has 0 radical (unpaired) electrons. The third kappa shape index (κ3) is 3.21. The summed E-state index contributed by atoms with van der Waals surface area (Å²) in [5.41, 5.74) is 0.682. The van der Waals surface area contributed by atoms with Gasteiger partial charge in [0.2, 0.25) is 5.91 Å². The number of benzene rings is 1. The lowest BCUT2D eigenvalue weighted by atomic mass is 10.3. The molecule has 1 aromatic carbocycles. The summed E-state index contributed by atoms with van der Waals surface area (Å²) in [5, 5.41) is 12.8. The van der Waals surface area contributed by atoms with E-state index in [1.54, 1.807) is 6.07 Å². The average molecular weight is 389 g/mol. The van der Waals surface area contributed by atoms with Crippen LogP contribution in [0.4, 0.5) is 9.52 Å². The second kappa shape index (κ2) is 6.31. The van der Waals surface area contributed by atoms with E-state index in [-0.39, 0.29) is 17.5 Å². The molecule has 2 fully saturated rings. The first-order valence-corrected chi connectivity index (χ1v) is 10.4. The Balaban J connectivity index is 1.26. The number of nitrogens with zero attached hydrogens (tertiary/aromatic N) is 4. The van der Waals surface area contributed by atoms with Crippen LogP contribution in [-0.2, 0) is 4.79 Å². The molecule has 1 N–H and O–H groups in total. The first-order valence-electron chi connectivity index (χ1n) is 8.61. The smallest absolute Gasteiger partial charge is 0.236 e. The number of rotatable bonds is 6. The second-order valence-corrected chi connectivity index (χ2v) is 8.66. The molecule has 2 saturated carbocycles. The van der Waals surface area contributed by atoms with Gasteiger partial charge < -0.3 is 9.88 Å². The summed E-state index contributed by atoms with van der Waals surface area (Å²) in [5.74, 6) is 1.44. The van der Waals surface area contributed by atoms with E-state index in [9.17, 15) is 9.18 Å². The lowest BCUT2D eigenvalue weighted by Crippen LogP contribution is -2.14. The zero-order valence-corrected chi connectivity index (χ0v) is 15.4. The second-order valence-electron chi connectivity index (χ2n) is 6.68. The van der Waals surface area contributed by atoms with Crippen LogP contribution in [0.2, 0.25) is 0 Å². The van der Waals surface area contributed by atoms with Crippen LogP contribution in [0.15, 0.2) is 23.4 Å². The Morgan fingerprint density at radius 3 is 2.92 bits per heavy atom. The zero-order chi connectivity index (χ0) is 17.7. The number of thiazole rings is 1. The van der Waals surface area contributed by atoms with Crippen LogP contribution in [0.5, 0.6) is 0 Å². The lowest BCUT2D eigenvalue weighted by molar-refractivity contribution is -0.113. The van der Waals surface area contributed by atoms with E-state index in [4.69, 9.17) is 0 Å². The van der Waals surface area contributed by atoms with E-state index in [1.165, 1.54) is 60.9 Å². The number of hydrogen-bond donors (Lipinski definition) is 1. The number of halogens is 1. The van der Waals surface area contributed by atoms with Crippen LogP contribution < -0.4 is 5.32 Å². The minimum absolute atomic E-state index is 0.146. The van der Waals surface area contributed by atoms with Gasteiger partial charge in [0.15, 0.2) is 10.3 Å². The van der Waals surface area contributed by atoms with Gasteiger partial charge in [0.05, 0.1) is 16.0 Å². The molecule has 0 unspecified atom stereocenters. The van der Waals surface area contributed by atoms with Gasteiger partial charge in [-0.25, -0.2) is 9.37 Å². The van der Waals surface area contributed by atoms with Crippen molar-refractivity contribution in [3.8, 4) is 0 Å². The van der Waals surface area contributed by atoms with Crippen molar-refractivity contribution in [1.82, 2.24) is 19.7 Å². The van der Waals surface area contributed by atoms with Crippen molar-refractivity contribution < 1.29 is 9.18 Å². The van der Waals surface area contributed by atoms with Gasteiger partial charge in [0, 0.05) is 12.0 Å². The van der Waals surface area contributed by atoms with Crippen molar-refractivity contribution in [3.63, 3.8) is 0 Å². The monoisotopic (exact) mass is 389 g/mol. The number of nitrogens with one attached hydrogen (secondary N) is 1. The molecular formula is C17H16FN5OS2. The van der Waals surface area contributed by atoms with E-state index >= 15 is 0 Å². The van der Waals surface area contributed by atoms with E-state index in [1.807, 2.05) is 0 Å². The maximum absolute atomic E-state index is 13.3. The van der Waals surface area contributed by atoms with E-state index in [0.717, 1.165) is 15.7 Å². The Morgan fingerprint density at radius 1 is 1.31 bits per heavy atom. The summed E-state index contributed by atoms with van der Waals surface area (Å²) in [6, 6.07) is 4.91. The number of aromatic nitrogens is 4. The van der Waals surface area contributed by atoms with Crippen molar-refractivity contribution >= 4 is 44.4 Å². The van der Waals surface area contributed by atoms with Gasteiger partial charge in [-0.05, 0) is 43.9 Å².